The Morgan fingerprint density at radius 1 is 1.18 bits per heavy atom. The number of nitrogens with zero attached hydrogens (tertiary/aromatic N) is 4. The average Bonchev–Trinajstić information content (AvgIpc) is 2.99. The van der Waals surface area contributed by atoms with Crippen molar-refractivity contribution in [2.75, 3.05) is 27.4 Å². The van der Waals surface area contributed by atoms with Gasteiger partial charge in [-0.3, -0.25) is 0 Å². The van der Waals surface area contributed by atoms with Crippen molar-refractivity contribution in [1.82, 2.24) is 25.4 Å². The number of rotatable bonds is 9. The zero-order valence-electron chi connectivity index (χ0n) is 17.3. The van der Waals surface area contributed by atoms with Gasteiger partial charge in [0.15, 0.2) is 11.8 Å². The van der Waals surface area contributed by atoms with Crippen molar-refractivity contribution in [3.8, 4) is 5.75 Å². The van der Waals surface area contributed by atoms with Crippen molar-refractivity contribution in [3.05, 3.63) is 41.0 Å². The van der Waals surface area contributed by atoms with Crippen LogP contribution in [0.3, 0.4) is 0 Å². The van der Waals surface area contributed by atoms with E-state index in [1.54, 1.807) is 14.2 Å². The molecule has 0 atom stereocenters. The lowest BCUT2D eigenvalue weighted by Crippen LogP contribution is -2.38. The summed E-state index contributed by atoms with van der Waals surface area (Å²) >= 11 is 0. The molecule has 0 unspecified atom stereocenters. The molecular formula is C19H31IN6O2. The van der Waals surface area contributed by atoms with Crippen LogP contribution in [-0.4, -0.2) is 48.1 Å². The Bertz CT molecular complexity index is 763. The molecular weight excluding hydrogens is 471 g/mol. The van der Waals surface area contributed by atoms with Gasteiger partial charge in [0.25, 0.3) is 0 Å². The van der Waals surface area contributed by atoms with E-state index in [4.69, 9.17) is 14.5 Å². The zero-order chi connectivity index (χ0) is 19.6. The van der Waals surface area contributed by atoms with Crippen LogP contribution in [0.2, 0.25) is 0 Å². The van der Waals surface area contributed by atoms with E-state index in [-0.39, 0.29) is 24.0 Å². The molecule has 2 aromatic rings. The molecule has 0 spiro atoms. The van der Waals surface area contributed by atoms with Crippen LogP contribution < -0.4 is 15.4 Å². The van der Waals surface area contributed by atoms with Gasteiger partial charge in [-0.15, -0.1) is 34.2 Å². The third-order valence-electron chi connectivity index (χ3n) is 4.26. The number of aliphatic imine (C=N–C) groups is 1. The Balaban J connectivity index is 0.00000392. The second-order valence-electron chi connectivity index (χ2n) is 6.33. The van der Waals surface area contributed by atoms with Gasteiger partial charge < -0.3 is 24.7 Å². The van der Waals surface area contributed by atoms with Crippen LogP contribution in [0.15, 0.2) is 23.2 Å². The summed E-state index contributed by atoms with van der Waals surface area (Å²) in [6.45, 7) is 6.50. The number of guanidine groups is 1. The van der Waals surface area contributed by atoms with Crippen LogP contribution >= 0.6 is 24.0 Å². The molecule has 8 nitrogen and oxygen atoms in total. The number of hydrogen-bond donors (Lipinski definition) is 2. The molecule has 0 bridgehead atoms. The molecule has 2 N–H and O–H groups in total. The highest BCUT2D eigenvalue weighted by atomic mass is 127. The van der Waals surface area contributed by atoms with Gasteiger partial charge in [-0.2, -0.15) is 0 Å². The molecule has 1 aromatic carbocycles. The Morgan fingerprint density at radius 2 is 1.96 bits per heavy atom. The Hall–Kier alpha value is -1.88. The van der Waals surface area contributed by atoms with Crippen LogP contribution in [0.25, 0.3) is 0 Å². The topological polar surface area (TPSA) is 85.6 Å². The average molecular weight is 502 g/mol. The van der Waals surface area contributed by atoms with Crippen molar-refractivity contribution >= 4 is 29.9 Å². The lowest BCUT2D eigenvalue weighted by molar-refractivity contribution is 0.195. The van der Waals surface area contributed by atoms with Gasteiger partial charge >= 0.3 is 0 Å². The molecule has 0 aliphatic heterocycles. The summed E-state index contributed by atoms with van der Waals surface area (Å²) in [6.07, 6.45) is 0.897. The standard InChI is InChI=1S/C19H30N6O2.HI/c1-14-7-8-16(17(11-14)27-5)12-21-19(20-9-6-10-26-4)22-13-18-24-23-15(2)25(18)3;/h7-8,11H,6,9-10,12-13H2,1-5H3,(H2,20,21,22);1H. The van der Waals surface area contributed by atoms with E-state index >= 15 is 0 Å². The summed E-state index contributed by atoms with van der Waals surface area (Å²) in [6, 6.07) is 6.13. The number of benzene rings is 1. The van der Waals surface area contributed by atoms with Crippen molar-refractivity contribution in [2.45, 2.75) is 33.4 Å². The van der Waals surface area contributed by atoms with E-state index in [9.17, 15) is 0 Å². The Labute approximate surface area is 184 Å². The van der Waals surface area contributed by atoms with Crippen molar-refractivity contribution in [3.63, 3.8) is 0 Å². The molecule has 0 radical (unpaired) electrons. The third kappa shape index (κ3) is 7.27. The molecule has 0 saturated heterocycles. The number of ether oxygens (including phenoxy) is 2. The van der Waals surface area contributed by atoms with Crippen LogP contribution in [0.5, 0.6) is 5.75 Å². The lowest BCUT2D eigenvalue weighted by atomic mass is 10.1. The largest absolute Gasteiger partial charge is 0.496 e. The molecule has 1 aromatic heterocycles. The molecule has 2 rings (SSSR count). The number of hydrogen-bond acceptors (Lipinski definition) is 5. The van der Waals surface area contributed by atoms with Crippen molar-refractivity contribution < 1.29 is 9.47 Å². The molecule has 0 aliphatic carbocycles. The highest BCUT2D eigenvalue weighted by Crippen LogP contribution is 2.20. The summed E-state index contributed by atoms with van der Waals surface area (Å²) in [5, 5.41) is 14.9. The van der Waals surface area contributed by atoms with E-state index in [0.29, 0.717) is 19.7 Å². The first-order valence-electron chi connectivity index (χ1n) is 9.04. The number of aryl methyl sites for hydroxylation is 2. The fraction of sp³-hybridized carbons (Fsp3) is 0.526. The summed E-state index contributed by atoms with van der Waals surface area (Å²) in [5.41, 5.74) is 2.20. The maximum atomic E-state index is 5.47. The zero-order valence-corrected chi connectivity index (χ0v) is 19.6. The maximum Gasteiger partial charge on any atom is 0.191 e. The number of nitrogens with one attached hydrogen (secondary N) is 2. The summed E-state index contributed by atoms with van der Waals surface area (Å²) in [5.74, 6) is 3.30. The second-order valence-corrected chi connectivity index (χ2v) is 6.33. The minimum atomic E-state index is 0. The lowest BCUT2D eigenvalue weighted by Gasteiger charge is -2.13. The van der Waals surface area contributed by atoms with Gasteiger partial charge in [-0.25, -0.2) is 4.99 Å². The third-order valence-corrected chi connectivity index (χ3v) is 4.26. The minimum Gasteiger partial charge on any atom is -0.496 e. The first kappa shape index (κ1) is 24.2. The van der Waals surface area contributed by atoms with Crippen LogP contribution in [0.4, 0.5) is 0 Å². The van der Waals surface area contributed by atoms with E-state index in [2.05, 4.69) is 26.9 Å². The van der Waals surface area contributed by atoms with Gasteiger partial charge in [0.1, 0.15) is 11.6 Å². The van der Waals surface area contributed by atoms with Gasteiger partial charge in [-0.1, -0.05) is 12.1 Å². The highest BCUT2D eigenvalue weighted by Gasteiger charge is 2.07. The van der Waals surface area contributed by atoms with Crippen molar-refractivity contribution in [1.29, 1.82) is 0 Å². The molecule has 0 fully saturated rings. The quantitative estimate of drug-likeness (QED) is 0.237. The van der Waals surface area contributed by atoms with Gasteiger partial charge in [0, 0.05) is 32.9 Å². The SMILES string of the molecule is COCCCNC(=NCc1ccc(C)cc1OC)NCc1nnc(C)n1C.I. The number of aromatic nitrogens is 3. The fourth-order valence-electron chi connectivity index (χ4n) is 2.51. The fourth-order valence-corrected chi connectivity index (χ4v) is 2.51. The molecule has 9 heteroatoms. The first-order valence-corrected chi connectivity index (χ1v) is 9.04. The molecule has 1 heterocycles. The van der Waals surface area contributed by atoms with Crippen LogP contribution in [0.1, 0.15) is 29.2 Å². The van der Waals surface area contributed by atoms with Crippen LogP contribution in [0, 0.1) is 13.8 Å². The summed E-state index contributed by atoms with van der Waals surface area (Å²) < 4.78 is 12.5. The molecule has 156 valence electrons. The van der Waals surface area contributed by atoms with E-state index in [1.807, 2.05) is 37.6 Å². The Morgan fingerprint density at radius 3 is 2.61 bits per heavy atom. The molecule has 0 aliphatic rings. The van der Waals surface area contributed by atoms with Gasteiger partial charge in [-0.05, 0) is 31.9 Å². The minimum absolute atomic E-state index is 0. The summed E-state index contributed by atoms with van der Waals surface area (Å²) in [7, 11) is 5.33. The van der Waals surface area contributed by atoms with Gasteiger partial charge in [0.2, 0.25) is 0 Å². The predicted octanol–water partition coefficient (Wildman–Crippen LogP) is 2.33. The first-order chi connectivity index (χ1) is 13.0. The molecule has 0 amide bonds. The second kappa shape index (κ2) is 12.6. The van der Waals surface area contributed by atoms with E-state index < -0.39 is 0 Å². The summed E-state index contributed by atoms with van der Waals surface area (Å²) in [4.78, 5) is 4.70. The van der Waals surface area contributed by atoms with Crippen molar-refractivity contribution in [2.24, 2.45) is 12.0 Å². The molecule has 0 saturated carbocycles. The maximum absolute atomic E-state index is 5.47. The number of methoxy groups -OCH3 is 2. The van der Waals surface area contributed by atoms with Crippen LogP contribution in [-0.2, 0) is 24.9 Å². The molecule has 28 heavy (non-hydrogen) atoms. The Kier molecular flexibility index (Phi) is 10.8. The predicted molar refractivity (Wildman–Crippen MR) is 121 cm³/mol. The number of halogens is 1. The highest BCUT2D eigenvalue weighted by molar-refractivity contribution is 14.0. The van der Waals surface area contributed by atoms with Gasteiger partial charge in [0.05, 0.1) is 20.2 Å². The smallest absolute Gasteiger partial charge is 0.191 e. The normalized spacial score (nSPS) is 11.1. The van der Waals surface area contributed by atoms with E-state index in [0.717, 1.165) is 47.5 Å². The van der Waals surface area contributed by atoms with E-state index in [1.165, 1.54) is 0 Å². The monoisotopic (exact) mass is 502 g/mol.